The summed E-state index contributed by atoms with van der Waals surface area (Å²) in [6.45, 7) is 1.38. The van der Waals surface area contributed by atoms with Crippen LogP contribution in [0.2, 0.25) is 0 Å². The lowest BCUT2D eigenvalue weighted by molar-refractivity contribution is 0.181. The lowest BCUT2D eigenvalue weighted by atomic mass is 10.4. The van der Waals surface area contributed by atoms with Gasteiger partial charge in [0.2, 0.25) is 0 Å². The summed E-state index contributed by atoms with van der Waals surface area (Å²) in [6, 6.07) is 1.83. The Kier molecular flexibility index (Phi) is 4.88. The molecule has 0 saturated heterocycles. The number of anilines is 1. The Labute approximate surface area is 83.2 Å². The molecule has 2 N–H and O–H groups in total. The van der Waals surface area contributed by atoms with E-state index >= 15 is 0 Å². The predicted octanol–water partition coefficient (Wildman–Crippen LogP) is 0.417. The van der Waals surface area contributed by atoms with Crippen molar-refractivity contribution in [2.24, 2.45) is 0 Å². The zero-order valence-electron chi connectivity index (χ0n) is 8.23. The van der Waals surface area contributed by atoms with Crippen LogP contribution >= 0.6 is 0 Å². The maximum absolute atomic E-state index is 8.59. The molecule has 0 aliphatic rings. The molecule has 0 saturated carbocycles. The summed E-state index contributed by atoms with van der Waals surface area (Å²) < 4.78 is 4.95. The number of aliphatic hydroxyl groups excluding tert-OH is 1. The van der Waals surface area contributed by atoms with Crippen LogP contribution in [0, 0.1) is 0 Å². The first-order valence-electron chi connectivity index (χ1n) is 4.51. The van der Waals surface area contributed by atoms with Crippen molar-refractivity contribution in [3.8, 4) is 0 Å². The van der Waals surface area contributed by atoms with Crippen molar-refractivity contribution in [2.75, 3.05) is 25.6 Å². The number of methoxy groups -OCH3 is 1. The SMILES string of the molecule is COCc1cc(NCCCO)ncn1. The molecule has 1 rings (SSSR count). The fraction of sp³-hybridized carbons (Fsp3) is 0.556. The van der Waals surface area contributed by atoms with Crippen LogP contribution in [-0.4, -0.2) is 35.3 Å². The molecule has 5 heteroatoms. The maximum atomic E-state index is 8.59. The van der Waals surface area contributed by atoms with Gasteiger partial charge in [-0.05, 0) is 6.42 Å². The molecule has 1 aromatic rings. The first-order valence-corrected chi connectivity index (χ1v) is 4.51. The standard InChI is InChI=1S/C9H15N3O2/c1-14-6-8-5-9(12-7-11-8)10-3-2-4-13/h5,7,13H,2-4,6H2,1H3,(H,10,11,12). The molecule has 0 fully saturated rings. The van der Waals surface area contributed by atoms with Gasteiger partial charge in [0.25, 0.3) is 0 Å². The summed E-state index contributed by atoms with van der Waals surface area (Å²) in [6.07, 6.45) is 2.21. The molecule has 0 amide bonds. The Morgan fingerprint density at radius 3 is 3.07 bits per heavy atom. The molecule has 14 heavy (non-hydrogen) atoms. The molecule has 0 unspecified atom stereocenters. The highest BCUT2D eigenvalue weighted by molar-refractivity contribution is 5.34. The van der Waals surface area contributed by atoms with E-state index in [4.69, 9.17) is 9.84 Å². The summed E-state index contributed by atoms with van der Waals surface area (Å²) in [5.74, 6) is 0.764. The fourth-order valence-electron chi connectivity index (χ4n) is 1.02. The second-order valence-electron chi connectivity index (χ2n) is 2.83. The number of nitrogens with one attached hydrogen (secondary N) is 1. The van der Waals surface area contributed by atoms with Crippen molar-refractivity contribution in [3.05, 3.63) is 18.1 Å². The first kappa shape index (κ1) is 10.9. The molecule has 5 nitrogen and oxygen atoms in total. The zero-order chi connectivity index (χ0) is 10.2. The predicted molar refractivity (Wildman–Crippen MR) is 52.9 cm³/mol. The average molecular weight is 197 g/mol. The summed E-state index contributed by atoms with van der Waals surface area (Å²) in [5.41, 5.74) is 0.842. The minimum absolute atomic E-state index is 0.184. The third-order valence-electron chi connectivity index (χ3n) is 1.66. The maximum Gasteiger partial charge on any atom is 0.129 e. The Morgan fingerprint density at radius 1 is 1.50 bits per heavy atom. The molecule has 0 aromatic carbocycles. The summed E-state index contributed by atoms with van der Waals surface area (Å²) in [7, 11) is 1.63. The van der Waals surface area contributed by atoms with E-state index in [0.29, 0.717) is 19.6 Å². The molecule has 0 radical (unpaired) electrons. The smallest absolute Gasteiger partial charge is 0.129 e. The van der Waals surface area contributed by atoms with Crippen LogP contribution in [0.5, 0.6) is 0 Å². The molecular formula is C9H15N3O2. The highest BCUT2D eigenvalue weighted by Crippen LogP contribution is 2.04. The third-order valence-corrected chi connectivity index (χ3v) is 1.66. The van der Waals surface area contributed by atoms with Crippen molar-refractivity contribution < 1.29 is 9.84 Å². The third kappa shape index (κ3) is 3.68. The van der Waals surface area contributed by atoms with Gasteiger partial charge in [0, 0.05) is 26.3 Å². The van der Waals surface area contributed by atoms with Crippen molar-refractivity contribution in [3.63, 3.8) is 0 Å². The van der Waals surface area contributed by atoms with Gasteiger partial charge in [-0.3, -0.25) is 0 Å². The van der Waals surface area contributed by atoms with Gasteiger partial charge in [-0.25, -0.2) is 9.97 Å². The molecule has 0 aliphatic heterocycles. The number of rotatable bonds is 6. The van der Waals surface area contributed by atoms with Crippen LogP contribution in [0.3, 0.4) is 0 Å². The number of hydrogen-bond acceptors (Lipinski definition) is 5. The van der Waals surface area contributed by atoms with E-state index in [2.05, 4.69) is 15.3 Å². The Balaban J connectivity index is 2.46. The number of aliphatic hydroxyl groups is 1. The van der Waals surface area contributed by atoms with Crippen LogP contribution in [-0.2, 0) is 11.3 Å². The Bertz CT molecular complexity index is 268. The molecule has 0 atom stereocenters. The number of aromatic nitrogens is 2. The summed E-state index contributed by atoms with van der Waals surface area (Å²) >= 11 is 0. The number of nitrogens with zero attached hydrogens (tertiary/aromatic N) is 2. The van der Waals surface area contributed by atoms with Gasteiger partial charge in [-0.1, -0.05) is 0 Å². The van der Waals surface area contributed by atoms with Gasteiger partial charge in [-0.2, -0.15) is 0 Å². The van der Waals surface area contributed by atoms with E-state index in [9.17, 15) is 0 Å². The van der Waals surface area contributed by atoms with Gasteiger partial charge in [0.05, 0.1) is 12.3 Å². The highest BCUT2D eigenvalue weighted by Gasteiger charge is 1.97. The van der Waals surface area contributed by atoms with Gasteiger partial charge in [0.1, 0.15) is 12.1 Å². The minimum Gasteiger partial charge on any atom is -0.396 e. The van der Waals surface area contributed by atoms with Crippen LogP contribution in [0.15, 0.2) is 12.4 Å². The molecule has 0 spiro atoms. The first-order chi connectivity index (χ1) is 6.86. The fourth-order valence-corrected chi connectivity index (χ4v) is 1.02. The van der Waals surface area contributed by atoms with E-state index in [1.165, 1.54) is 6.33 Å². The number of hydrogen-bond donors (Lipinski definition) is 2. The van der Waals surface area contributed by atoms with Gasteiger partial charge >= 0.3 is 0 Å². The Hall–Kier alpha value is -1.20. The lowest BCUT2D eigenvalue weighted by Gasteiger charge is -2.05. The van der Waals surface area contributed by atoms with Crippen LogP contribution in [0.25, 0.3) is 0 Å². The van der Waals surface area contributed by atoms with E-state index in [-0.39, 0.29) is 6.61 Å². The lowest BCUT2D eigenvalue weighted by Crippen LogP contribution is -2.06. The molecule has 78 valence electrons. The van der Waals surface area contributed by atoms with Gasteiger partial charge in [0.15, 0.2) is 0 Å². The number of ether oxygens (including phenoxy) is 1. The minimum atomic E-state index is 0.184. The van der Waals surface area contributed by atoms with E-state index < -0.39 is 0 Å². The summed E-state index contributed by atoms with van der Waals surface area (Å²) in [5, 5.41) is 11.7. The van der Waals surface area contributed by atoms with Crippen LogP contribution in [0.4, 0.5) is 5.82 Å². The largest absolute Gasteiger partial charge is 0.396 e. The molecule has 1 heterocycles. The van der Waals surface area contributed by atoms with E-state index in [0.717, 1.165) is 11.5 Å². The monoisotopic (exact) mass is 197 g/mol. The second-order valence-corrected chi connectivity index (χ2v) is 2.83. The summed E-state index contributed by atoms with van der Waals surface area (Å²) in [4.78, 5) is 8.07. The molecule has 1 aromatic heterocycles. The topological polar surface area (TPSA) is 67.3 Å². The van der Waals surface area contributed by atoms with E-state index in [1.54, 1.807) is 7.11 Å². The van der Waals surface area contributed by atoms with E-state index in [1.807, 2.05) is 6.07 Å². The highest BCUT2D eigenvalue weighted by atomic mass is 16.5. The second kappa shape index (κ2) is 6.28. The van der Waals surface area contributed by atoms with Crippen LogP contribution < -0.4 is 5.32 Å². The molecular weight excluding hydrogens is 182 g/mol. The zero-order valence-corrected chi connectivity index (χ0v) is 8.23. The van der Waals surface area contributed by atoms with Gasteiger partial charge in [-0.15, -0.1) is 0 Å². The van der Waals surface area contributed by atoms with Gasteiger partial charge < -0.3 is 15.2 Å². The van der Waals surface area contributed by atoms with Crippen LogP contribution in [0.1, 0.15) is 12.1 Å². The van der Waals surface area contributed by atoms with Crippen molar-refractivity contribution in [1.29, 1.82) is 0 Å². The normalized spacial score (nSPS) is 10.1. The molecule has 0 aliphatic carbocycles. The quantitative estimate of drug-likeness (QED) is 0.647. The van der Waals surface area contributed by atoms with Crippen molar-refractivity contribution in [2.45, 2.75) is 13.0 Å². The van der Waals surface area contributed by atoms with Crippen molar-refractivity contribution >= 4 is 5.82 Å². The van der Waals surface area contributed by atoms with Crippen molar-refractivity contribution in [1.82, 2.24) is 9.97 Å². The Morgan fingerprint density at radius 2 is 2.36 bits per heavy atom. The average Bonchev–Trinajstić information content (AvgIpc) is 2.19. The molecule has 0 bridgehead atoms.